The Kier molecular flexibility index (Phi) is 2.76. The van der Waals surface area contributed by atoms with E-state index in [2.05, 4.69) is 22.1 Å². The number of H-pyrrole nitrogens is 2. The minimum atomic E-state index is -0.468. The lowest BCUT2D eigenvalue weighted by atomic mass is 9.89. The normalized spacial score (nSPS) is 26.0. The largest absolute Gasteiger partial charge is 0.371 e. The van der Waals surface area contributed by atoms with E-state index in [4.69, 9.17) is 4.74 Å². The van der Waals surface area contributed by atoms with Crippen LogP contribution in [0.25, 0.3) is 0 Å². The van der Waals surface area contributed by atoms with Gasteiger partial charge in [0.05, 0.1) is 12.3 Å². The van der Waals surface area contributed by atoms with Crippen LogP contribution in [0.2, 0.25) is 0 Å². The van der Waals surface area contributed by atoms with Crippen molar-refractivity contribution in [1.82, 2.24) is 9.97 Å². The first-order valence-electron chi connectivity index (χ1n) is 6.06. The van der Waals surface area contributed by atoms with Gasteiger partial charge in [-0.1, -0.05) is 24.3 Å². The van der Waals surface area contributed by atoms with Crippen molar-refractivity contribution in [3.05, 3.63) is 56.4 Å². The van der Waals surface area contributed by atoms with Crippen molar-refractivity contribution in [1.29, 1.82) is 0 Å². The van der Waals surface area contributed by atoms with Crippen LogP contribution >= 0.6 is 0 Å². The summed E-state index contributed by atoms with van der Waals surface area (Å²) in [5.74, 6) is 0.173. The second-order valence-corrected chi connectivity index (χ2v) is 4.55. The number of rotatable bonds is 1. The Bertz CT molecular complexity index is 624. The van der Waals surface area contributed by atoms with E-state index in [1.165, 1.54) is 0 Å². The summed E-state index contributed by atoms with van der Waals surface area (Å²) in [7, 11) is 0. The molecule has 2 N–H and O–H groups in total. The molecule has 94 valence electrons. The molecule has 0 amide bonds. The summed E-state index contributed by atoms with van der Waals surface area (Å²) in [4.78, 5) is 28.1. The van der Waals surface area contributed by atoms with Gasteiger partial charge in [-0.25, -0.2) is 4.79 Å². The first-order chi connectivity index (χ1) is 8.75. The molecule has 3 rings (SSSR count). The summed E-state index contributed by atoms with van der Waals surface area (Å²) in [5.41, 5.74) is 0.524. The molecular formula is C13H14N2O3. The maximum Gasteiger partial charge on any atom is 0.325 e. The second-order valence-electron chi connectivity index (χ2n) is 4.55. The lowest BCUT2D eigenvalue weighted by Gasteiger charge is -2.30. The number of allylic oxidation sites excluding steroid dienone is 3. The molecule has 0 fully saturated rings. The molecule has 0 aromatic carbocycles. The minimum absolute atomic E-state index is 0.173. The predicted octanol–water partition coefficient (Wildman–Crippen LogP) is 0.809. The molecule has 0 bridgehead atoms. The molecule has 0 spiro atoms. The Balaban J connectivity index is 2.06. The summed E-state index contributed by atoms with van der Waals surface area (Å²) >= 11 is 0. The van der Waals surface area contributed by atoms with Crippen LogP contribution in [0.4, 0.5) is 0 Å². The van der Waals surface area contributed by atoms with Crippen LogP contribution in [0, 0.1) is 5.92 Å². The Morgan fingerprint density at radius 3 is 2.89 bits per heavy atom. The monoisotopic (exact) mass is 246 g/mol. The molecule has 0 saturated heterocycles. The highest BCUT2D eigenvalue weighted by Gasteiger charge is 2.29. The van der Waals surface area contributed by atoms with Gasteiger partial charge in [0.1, 0.15) is 6.10 Å². The number of ether oxygens (including phenoxy) is 1. The third kappa shape index (κ3) is 1.86. The average molecular weight is 246 g/mol. The molecule has 0 radical (unpaired) electrons. The molecular weight excluding hydrogens is 232 g/mol. The topological polar surface area (TPSA) is 75.0 Å². The first kappa shape index (κ1) is 11.2. The molecule has 1 aliphatic carbocycles. The Hall–Kier alpha value is -1.88. The second kappa shape index (κ2) is 4.42. The van der Waals surface area contributed by atoms with Gasteiger partial charge in [-0.3, -0.25) is 9.78 Å². The van der Waals surface area contributed by atoms with Crippen molar-refractivity contribution >= 4 is 0 Å². The van der Waals surface area contributed by atoms with Gasteiger partial charge in [-0.05, 0) is 6.42 Å². The Morgan fingerprint density at radius 2 is 2.11 bits per heavy atom. The summed E-state index contributed by atoms with van der Waals surface area (Å²) in [6.45, 7) is 0.515. The van der Waals surface area contributed by atoms with Gasteiger partial charge in [-0.15, -0.1) is 0 Å². The highest BCUT2D eigenvalue weighted by Crippen LogP contribution is 2.33. The summed E-state index contributed by atoms with van der Waals surface area (Å²) in [5, 5.41) is 0. The molecule has 2 unspecified atom stereocenters. The summed E-state index contributed by atoms with van der Waals surface area (Å²) in [6.07, 6.45) is 9.25. The molecule has 2 atom stereocenters. The number of aromatic amines is 2. The van der Waals surface area contributed by atoms with E-state index in [-0.39, 0.29) is 17.6 Å². The van der Waals surface area contributed by atoms with Gasteiger partial charge in [0.15, 0.2) is 0 Å². The average Bonchev–Trinajstić information content (AvgIpc) is 2.39. The first-order valence-corrected chi connectivity index (χ1v) is 6.06. The molecule has 2 aliphatic rings. The van der Waals surface area contributed by atoms with Crippen LogP contribution in [0.3, 0.4) is 0 Å². The van der Waals surface area contributed by atoms with Crippen LogP contribution < -0.4 is 11.2 Å². The van der Waals surface area contributed by atoms with Crippen molar-refractivity contribution in [3.8, 4) is 0 Å². The van der Waals surface area contributed by atoms with E-state index in [0.29, 0.717) is 24.3 Å². The fourth-order valence-electron chi connectivity index (χ4n) is 2.55. The lowest BCUT2D eigenvalue weighted by Crippen LogP contribution is -2.35. The van der Waals surface area contributed by atoms with Crippen LogP contribution in [-0.4, -0.2) is 16.6 Å². The fraction of sp³-hybridized carbons (Fsp3) is 0.385. The SMILES string of the molecule is O=c1[nH]c2c(c(=O)[nH]1)CCOC2C1C=CC=CC1. The molecule has 18 heavy (non-hydrogen) atoms. The van der Waals surface area contributed by atoms with Crippen molar-refractivity contribution in [2.75, 3.05) is 6.61 Å². The molecule has 0 saturated carbocycles. The van der Waals surface area contributed by atoms with Gasteiger partial charge in [-0.2, -0.15) is 0 Å². The minimum Gasteiger partial charge on any atom is -0.371 e. The van der Waals surface area contributed by atoms with Gasteiger partial charge in [0.25, 0.3) is 5.56 Å². The maximum absolute atomic E-state index is 11.7. The molecule has 5 heteroatoms. The van der Waals surface area contributed by atoms with Crippen LogP contribution in [0.15, 0.2) is 33.9 Å². The van der Waals surface area contributed by atoms with E-state index < -0.39 is 5.69 Å². The highest BCUT2D eigenvalue weighted by atomic mass is 16.5. The lowest BCUT2D eigenvalue weighted by molar-refractivity contribution is 0.0106. The Labute approximate surface area is 103 Å². The maximum atomic E-state index is 11.7. The van der Waals surface area contributed by atoms with Gasteiger partial charge >= 0.3 is 5.69 Å². The molecule has 1 aromatic rings. The van der Waals surface area contributed by atoms with Crippen molar-refractivity contribution in [2.45, 2.75) is 18.9 Å². The van der Waals surface area contributed by atoms with Crippen LogP contribution in [0.1, 0.15) is 23.8 Å². The van der Waals surface area contributed by atoms with Crippen LogP contribution in [-0.2, 0) is 11.2 Å². The zero-order chi connectivity index (χ0) is 12.5. The quantitative estimate of drug-likeness (QED) is 0.770. The van der Waals surface area contributed by atoms with E-state index in [1.54, 1.807) is 0 Å². The van der Waals surface area contributed by atoms with Crippen molar-refractivity contribution in [3.63, 3.8) is 0 Å². The van der Waals surface area contributed by atoms with Gasteiger partial charge < -0.3 is 9.72 Å². The van der Waals surface area contributed by atoms with Crippen molar-refractivity contribution in [2.24, 2.45) is 5.92 Å². The smallest absolute Gasteiger partial charge is 0.325 e. The third-order valence-electron chi connectivity index (χ3n) is 3.41. The zero-order valence-electron chi connectivity index (χ0n) is 9.81. The van der Waals surface area contributed by atoms with Gasteiger partial charge in [0, 0.05) is 17.9 Å². The molecule has 2 heterocycles. The van der Waals surface area contributed by atoms with Gasteiger partial charge in [0.2, 0.25) is 0 Å². The molecule has 1 aliphatic heterocycles. The van der Waals surface area contributed by atoms with E-state index in [1.807, 2.05) is 12.2 Å². The van der Waals surface area contributed by atoms with Crippen LogP contribution in [0.5, 0.6) is 0 Å². The standard InChI is InChI=1S/C13H14N2O3/c16-12-9-6-7-18-11(8-4-2-1-3-5-8)10(9)14-13(17)15-12/h1-4,8,11H,5-7H2,(H2,14,15,16,17). The number of hydrogen-bond acceptors (Lipinski definition) is 3. The van der Waals surface area contributed by atoms with E-state index >= 15 is 0 Å². The number of aromatic nitrogens is 2. The predicted molar refractivity (Wildman–Crippen MR) is 66.5 cm³/mol. The zero-order valence-corrected chi connectivity index (χ0v) is 9.81. The van der Waals surface area contributed by atoms with Crippen molar-refractivity contribution < 1.29 is 4.74 Å². The van der Waals surface area contributed by atoms with E-state index in [9.17, 15) is 9.59 Å². The summed E-state index contributed by atoms with van der Waals surface area (Å²) < 4.78 is 5.75. The number of hydrogen-bond donors (Lipinski definition) is 2. The number of fused-ring (bicyclic) bond motifs is 1. The highest BCUT2D eigenvalue weighted by molar-refractivity contribution is 5.25. The van der Waals surface area contributed by atoms with E-state index in [0.717, 1.165) is 6.42 Å². The molecule has 1 aromatic heterocycles. The molecule has 5 nitrogen and oxygen atoms in total. The summed E-state index contributed by atoms with van der Waals surface area (Å²) in [6, 6.07) is 0. The fourth-order valence-corrected chi connectivity index (χ4v) is 2.55. The number of nitrogens with one attached hydrogen (secondary N) is 2. The third-order valence-corrected chi connectivity index (χ3v) is 3.41. The Morgan fingerprint density at radius 1 is 1.22 bits per heavy atom.